The zero-order valence-electron chi connectivity index (χ0n) is 6.96. The molecular weight excluding hydrogens is 146 g/mol. The van der Waals surface area contributed by atoms with E-state index in [1.165, 1.54) is 0 Å². The molecule has 4 nitrogen and oxygen atoms in total. The molecule has 0 aliphatic rings. The fraction of sp³-hybridized carbons (Fsp3) is 0.857. The van der Waals surface area contributed by atoms with Crippen molar-refractivity contribution in [3.63, 3.8) is 0 Å². The summed E-state index contributed by atoms with van der Waals surface area (Å²) in [5.74, 6) is 4.03. The lowest BCUT2D eigenvalue weighted by molar-refractivity contribution is -0.149. The minimum absolute atomic E-state index is 0.0443. The zero-order chi connectivity index (χ0) is 8.91. The van der Waals surface area contributed by atoms with Crippen molar-refractivity contribution in [2.24, 2.45) is 5.90 Å². The number of nitrogens with two attached hydrogens (primary N) is 1. The van der Waals surface area contributed by atoms with E-state index in [-0.39, 0.29) is 6.42 Å². The summed E-state index contributed by atoms with van der Waals surface area (Å²) in [4.78, 5) is 14.5. The SMILES string of the molecule is CCCC(C)(O)CC(=O)ON. The van der Waals surface area contributed by atoms with Crippen molar-refractivity contribution < 1.29 is 14.7 Å². The van der Waals surface area contributed by atoms with Gasteiger partial charge >= 0.3 is 5.97 Å². The lowest BCUT2D eigenvalue weighted by Gasteiger charge is -2.20. The van der Waals surface area contributed by atoms with Crippen LogP contribution in [0.25, 0.3) is 0 Å². The third-order valence-electron chi connectivity index (χ3n) is 1.45. The molecule has 1 atom stereocenters. The molecule has 4 heteroatoms. The molecule has 1 unspecified atom stereocenters. The zero-order valence-corrected chi connectivity index (χ0v) is 6.96. The van der Waals surface area contributed by atoms with Gasteiger partial charge in [-0.3, -0.25) is 4.79 Å². The van der Waals surface area contributed by atoms with E-state index < -0.39 is 11.6 Å². The Hall–Kier alpha value is -0.610. The van der Waals surface area contributed by atoms with Crippen molar-refractivity contribution >= 4 is 5.97 Å². The van der Waals surface area contributed by atoms with Crippen LogP contribution in [-0.2, 0) is 9.63 Å². The molecule has 0 rings (SSSR count). The fourth-order valence-corrected chi connectivity index (χ4v) is 0.980. The highest BCUT2D eigenvalue weighted by molar-refractivity contribution is 5.70. The summed E-state index contributed by atoms with van der Waals surface area (Å²) in [6, 6.07) is 0. The maximum atomic E-state index is 10.6. The molecule has 0 aromatic rings. The third kappa shape index (κ3) is 4.75. The van der Waals surface area contributed by atoms with Gasteiger partial charge in [-0.15, -0.1) is 0 Å². The molecule has 0 bridgehead atoms. The first-order valence-corrected chi connectivity index (χ1v) is 3.64. The second-order valence-electron chi connectivity index (χ2n) is 2.91. The molecular formula is C7H15NO3. The molecule has 0 amide bonds. The van der Waals surface area contributed by atoms with Gasteiger partial charge in [0.05, 0.1) is 12.0 Å². The normalized spacial score (nSPS) is 15.6. The quantitative estimate of drug-likeness (QED) is 0.583. The second kappa shape index (κ2) is 4.31. The summed E-state index contributed by atoms with van der Waals surface area (Å²) in [5.41, 5.74) is -0.981. The lowest BCUT2D eigenvalue weighted by atomic mass is 9.97. The first kappa shape index (κ1) is 10.4. The Balaban J connectivity index is 3.80. The van der Waals surface area contributed by atoms with Gasteiger partial charge in [0.2, 0.25) is 0 Å². The van der Waals surface area contributed by atoms with Crippen LogP contribution in [0.2, 0.25) is 0 Å². The van der Waals surface area contributed by atoms with E-state index in [1.807, 2.05) is 6.92 Å². The first-order valence-electron chi connectivity index (χ1n) is 3.64. The predicted molar refractivity (Wildman–Crippen MR) is 40.4 cm³/mol. The molecule has 0 fully saturated rings. The van der Waals surface area contributed by atoms with Crippen LogP contribution in [0.5, 0.6) is 0 Å². The van der Waals surface area contributed by atoms with Gasteiger partial charge < -0.3 is 9.94 Å². The highest BCUT2D eigenvalue weighted by atomic mass is 16.7. The Labute approximate surface area is 66.3 Å². The molecule has 0 radical (unpaired) electrons. The Bertz CT molecular complexity index is 134. The van der Waals surface area contributed by atoms with E-state index in [9.17, 15) is 9.90 Å². The Morgan fingerprint density at radius 3 is 2.64 bits per heavy atom. The van der Waals surface area contributed by atoms with E-state index in [2.05, 4.69) is 10.7 Å². The van der Waals surface area contributed by atoms with Crippen LogP contribution in [0.15, 0.2) is 0 Å². The van der Waals surface area contributed by atoms with Gasteiger partial charge in [-0.25, -0.2) is 0 Å². The van der Waals surface area contributed by atoms with Crippen molar-refractivity contribution in [3.05, 3.63) is 0 Å². The first-order chi connectivity index (χ1) is 5.02. The van der Waals surface area contributed by atoms with Crippen molar-refractivity contribution in [3.8, 4) is 0 Å². The summed E-state index contributed by atoms with van der Waals surface area (Å²) in [6.07, 6.45) is 1.35. The minimum atomic E-state index is -0.981. The van der Waals surface area contributed by atoms with Crippen molar-refractivity contribution in [2.75, 3.05) is 0 Å². The molecule has 0 aliphatic heterocycles. The van der Waals surface area contributed by atoms with E-state index >= 15 is 0 Å². The van der Waals surface area contributed by atoms with Crippen LogP contribution >= 0.6 is 0 Å². The maximum absolute atomic E-state index is 10.6. The number of hydrogen-bond donors (Lipinski definition) is 2. The molecule has 0 heterocycles. The third-order valence-corrected chi connectivity index (χ3v) is 1.45. The average molecular weight is 161 g/mol. The van der Waals surface area contributed by atoms with Gasteiger partial charge in [-0.05, 0) is 13.3 Å². The van der Waals surface area contributed by atoms with Gasteiger partial charge in [-0.2, -0.15) is 5.90 Å². The summed E-state index contributed by atoms with van der Waals surface area (Å²) < 4.78 is 0. The van der Waals surface area contributed by atoms with Crippen LogP contribution in [0.4, 0.5) is 0 Å². The number of carbonyl (C=O) groups is 1. The topological polar surface area (TPSA) is 72.5 Å². The number of rotatable bonds is 4. The fourth-order valence-electron chi connectivity index (χ4n) is 0.980. The number of aliphatic hydroxyl groups is 1. The lowest BCUT2D eigenvalue weighted by Crippen LogP contribution is -2.29. The molecule has 0 saturated heterocycles. The summed E-state index contributed by atoms with van der Waals surface area (Å²) in [5, 5.41) is 9.46. The molecule has 0 aliphatic carbocycles. The Morgan fingerprint density at radius 1 is 1.73 bits per heavy atom. The smallest absolute Gasteiger partial charge is 0.327 e. The molecule has 0 spiro atoms. The summed E-state index contributed by atoms with van der Waals surface area (Å²) in [6.45, 7) is 3.52. The highest BCUT2D eigenvalue weighted by Gasteiger charge is 2.23. The van der Waals surface area contributed by atoms with Crippen molar-refractivity contribution in [1.82, 2.24) is 0 Å². The van der Waals surface area contributed by atoms with Crippen LogP contribution in [0, 0.1) is 0 Å². The number of carbonyl (C=O) groups excluding carboxylic acids is 1. The standard InChI is InChI=1S/C7H15NO3/c1-3-4-7(2,10)5-6(9)11-8/h10H,3-5,8H2,1-2H3. The highest BCUT2D eigenvalue weighted by Crippen LogP contribution is 2.16. The summed E-state index contributed by atoms with van der Waals surface area (Å²) in [7, 11) is 0. The van der Waals surface area contributed by atoms with Gasteiger partial charge in [0.15, 0.2) is 0 Å². The minimum Gasteiger partial charge on any atom is -0.390 e. The van der Waals surface area contributed by atoms with Crippen molar-refractivity contribution in [2.45, 2.75) is 38.7 Å². The van der Waals surface area contributed by atoms with Gasteiger partial charge in [0, 0.05) is 0 Å². The Kier molecular flexibility index (Phi) is 4.07. The Morgan fingerprint density at radius 2 is 2.27 bits per heavy atom. The monoisotopic (exact) mass is 161 g/mol. The van der Waals surface area contributed by atoms with E-state index in [1.54, 1.807) is 6.92 Å². The van der Waals surface area contributed by atoms with Gasteiger partial charge in [0.1, 0.15) is 0 Å². The van der Waals surface area contributed by atoms with Gasteiger partial charge in [0.25, 0.3) is 0 Å². The van der Waals surface area contributed by atoms with Crippen LogP contribution in [0.1, 0.15) is 33.1 Å². The maximum Gasteiger partial charge on any atom is 0.327 e. The molecule has 3 N–H and O–H groups in total. The summed E-state index contributed by atoms with van der Waals surface area (Å²) >= 11 is 0. The molecule has 0 saturated carbocycles. The van der Waals surface area contributed by atoms with E-state index in [0.717, 1.165) is 6.42 Å². The molecule has 0 aromatic heterocycles. The predicted octanol–water partition coefficient (Wildman–Crippen LogP) is 0.345. The van der Waals surface area contributed by atoms with Crippen LogP contribution in [0.3, 0.4) is 0 Å². The second-order valence-corrected chi connectivity index (χ2v) is 2.91. The molecule has 11 heavy (non-hydrogen) atoms. The molecule has 66 valence electrons. The van der Waals surface area contributed by atoms with Gasteiger partial charge in [-0.1, -0.05) is 13.3 Å². The average Bonchev–Trinajstić information content (AvgIpc) is 1.86. The largest absolute Gasteiger partial charge is 0.390 e. The number of hydrogen-bond acceptors (Lipinski definition) is 4. The van der Waals surface area contributed by atoms with Crippen LogP contribution < -0.4 is 5.90 Å². The van der Waals surface area contributed by atoms with Crippen LogP contribution in [-0.4, -0.2) is 16.7 Å². The van der Waals surface area contributed by atoms with E-state index in [4.69, 9.17) is 0 Å². The molecule has 0 aromatic carbocycles. The van der Waals surface area contributed by atoms with E-state index in [0.29, 0.717) is 6.42 Å². The van der Waals surface area contributed by atoms with Crippen molar-refractivity contribution in [1.29, 1.82) is 0 Å².